The third-order valence-electron chi connectivity index (χ3n) is 3.93. The normalized spacial score (nSPS) is 10.1. The maximum absolute atomic E-state index is 12.4. The van der Waals surface area contributed by atoms with E-state index in [1.54, 1.807) is 55.5 Å². The van der Waals surface area contributed by atoms with Gasteiger partial charge >= 0.3 is 0 Å². The minimum Gasteiger partial charge on any atom is -0.493 e. The van der Waals surface area contributed by atoms with Crippen LogP contribution in [0.5, 0.6) is 5.75 Å². The van der Waals surface area contributed by atoms with Crippen molar-refractivity contribution < 1.29 is 19.1 Å². The molecule has 7 heteroatoms. The van der Waals surface area contributed by atoms with Crippen molar-refractivity contribution in [2.75, 3.05) is 11.9 Å². The summed E-state index contributed by atoms with van der Waals surface area (Å²) in [5, 5.41) is 2.70. The molecule has 148 valence electrons. The van der Waals surface area contributed by atoms with Crippen molar-refractivity contribution in [3.05, 3.63) is 59.7 Å². The fourth-order valence-electron chi connectivity index (χ4n) is 2.31. The van der Waals surface area contributed by atoms with Crippen molar-refractivity contribution in [3.8, 4) is 5.75 Å². The van der Waals surface area contributed by atoms with Gasteiger partial charge < -0.3 is 10.1 Å². The van der Waals surface area contributed by atoms with E-state index in [0.717, 1.165) is 12.8 Å². The highest BCUT2D eigenvalue weighted by Crippen LogP contribution is 2.18. The van der Waals surface area contributed by atoms with Crippen LogP contribution in [0.25, 0.3) is 0 Å². The number of carbonyl (C=O) groups excluding carboxylic acids is 3. The second-order valence-electron chi connectivity index (χ2n) is 6.09. The molecule has 3 N–H and O–H groups in total. The zero-order chi connectivity index (χ0) is 20.4. The van der Waals surface area contributed by atoms with E-state index in [1.807, 2.05) is 0 Å². The second kappa shape index (κ2) is 10.7. The maximum Gasteiger partial charge on any atom is 0.273 e. The molecule has 2 aromatic carbocycles. The molecule has 28 heavy (non-hydrogen) atoms. The highest BCUT2D eigenvalue weighted by atomic mass is 16.5. The van der Waals surface area contributed by atoms with Crippen molar-refractivity contribution in [1.82, 2.24) is 10.9 Å². The molecule has 0 aliphatic heterocycles. The SMILES string of the molecule is CCCCOc1ccccc1C(=O)NNC(=O)c1ccc(NC(=O)CC)cc1. The fourth-order valence-corrected chi connectivity index (χ4v) is 2.31. The molecular weight excluding hydrogens is 358 g/mol. The van der Waals surface area contributed by atoms with Gasteiger partial charge in [0.05, 0.1) is 12.2 Å². The van der Waals surface area contributed by atoms with Crippen molar-refractivity contribution >= 4 is 23.4 Å². The zero-order valence-electron chi connectivity index (χ0n) is 16.1. The number of para-hydroxylation sites is 1. The van der Waals surface area contributed by atoms with Gasteiger partial charge in [0.1, 0.15) is 5.75 Å². The lowest BCUT2D eigenvalue weighted by Crippen LogP contribution is -2.41. The van der Waals surface area contributed by atoms with Gasteiger partial charge in [0.25, 0.3) is 11.8 Å². The Morgan fingerprint density at radius 3 is 2.25 bits per heavy atom. The highest BCUT2D eigenvalue weighted by molar-refractivity contribution is 6.00. The first-order chi connectivity index (χ1) is 13.5. The van der Waals surface area contributed by atoms with Gasteiger partial charge in [0, 0.05) is 17.7 Å². The lowest BCUT2D eigenvalue weighted by atomic mass is 10.2. The summed E-state index contributed by atoms with van der Waals surface area (Å²) in [5.41, 5.74) is 6.07. The molecule has 0 unspecified atom stereocenters. The number of anilines is 1. The van der Waals surface area contributed by atoms with E-state index >= 15 is 0 Å². The first-order valence-corrected chi connectivity index (χ1v) is 9.27. The molecule has 0 atom stereocenters. The molecule has 0 radical (unpaired) electrons. The molecule has 0 aromatic heterocycles. The number of amides is 3. The molecule has 0 fully saturated rings. The Kier molecular flexibility index (Phi) is 8.02. The third-order valence-corrected chi connectivity index (χ3v) is 3.93. The van der Waals surface area contributed by atoms with Crippen molar-refractivity contribution in [1.29, 1.82) is 0 Å². The molecule has 0 heterocycles. The lowest BCUT2D eigenvalue weighted by Gasteiger charge is -2.12. The highest BCUT2D eigenvalue weighted by Gasteiger charge is 2.13. The zero-order valence-corrected chi connectivity index (χ0v) is 16.1. The van der Waals surface area contributed by atoms with E-state index < -0.39 is 11.8 Å². The van der Waals surface area contributed by atoms with Crippen LogP contribution in [-0.2, 0) is 4.79 Å². The number of hydrazine groups is 1. The molecule has 0 spiro atoms. The molecule has 7 nitrogen and oxygen atoms in total. The Morgan fingerprint density at radius 1 is 0.893 bits per heavy atom. The molecule has 2 aromatic rings. The number of unbranched alkanes of at least 4 members (excludes halogenated alkanes) is 1. The summed E-state index contributed by atoms with van der Waals surface area (Å²) in [6.07, 6.45) is 2.25. The minimum atomic E-state index is -0.467. The Balaban J connectivity index is 1.93. The minimum absolute atomic E-state index is 0.107. The van der Waals surface area contributed by atoms with E-state index in [9.17, 15) is 14.4 Å². The first kappa shape index (κ1) is 21.0. The predicted molar refractivity (Wildman–Crippen MR) is 107 cm³/mol. The standard InChI is InChI=1S/C21H25N3O4/c1-3-5-14-28-18-9-7-6-8-17(18)21(27)24-23-20(26)15-10-12-16(13-11-15)22-19(25)4-2/h6-13H,3-5,14H2,1-2H3,(H,22,25)(H,23,26)(H,24,27). The summed E-state index contributed by atoms with van der Waals surface area (Å²) in [6.45, 7) is 4.34. The van der Waals surface area contributed by atoms with E-state index in [1.165, 1.54) is 0 Å². The summed E-state index contributed by atoms with van der Waals surface area (Å²) in [4.78, 5) is 36.0. The van der Waals surface area contributed by atoms with Crippen LogP contribution < -0.4 is 20.9 Å². The van der Waals surface area contributed by atoms with Gasteiger partial charge in [0.2, 0.25) is 5.91 Å². The van der Waals surface area contributed by atoms with Gasteiger partial charge in [-0.1, -0.05) is 32.4 Å². The van der Waals surface area contributed by atoms with Crippen LogP contribution in [0.15, 0.2) is 48.5 Å². The van der Waals surface area contributed by atoms with Gasteiger partial charge in [-0.3, -0.25) is 25.2 Å². The molecule has 0 aliphatic rings. The molecule has 3 amide bonds. The molecule has 0 saturated carbocycles. The van der Waals surface area contributed by atoms with Crippen molar-refractivity contribution in [3.63, 3.8) is 0 Å². The summed E-state index contributed by atoms with van der Waals surface area (Å²) < 4.78 is 5.64. The quantitative estimate of drug-likeness (QED) is 0.481. The average molecular weight is 383 g/mol. The Bertz CT molecular complexity index is 819. The van der Waals surface area contributed by atoms with Crippen molar-refractivity contribution in [2.45, 2.75) is 33.1 Å². The summed E-state index contributed by atoms with van der Waals surface area (Å²) in [5.74, 6) is -0.568. The predicted octanol–water partition coefficient (Wildman–Crippen LogP) is 3.29. The Hall–Kier alpha value is -3.35. The summed E-state index contributed by atoms with van der Waals surface area (Å²) in [6, 6.07) is 13.2. The number of nitrogens with one attached hydrogen (secondary N) is 3. The van der Waals surface area contributed by atoms with Gasteiger partial charge in [-0.05, 0) is 42.8 Å². The van der Waals surface area contributed by atoms with Gasteiger partial charge in [-0.25, -0.2) is 0 Å². The van der Waals surface area contributed by atoms with Crippen LogP contribution in [0.3, 0.4) is 0 Å². The van der Waals surface area contributed by atoms with Crippen LogP contribution in [0.2, 0.25) is 0 Å². The Labute approximate surface area is 164 Å². The van der Waals surface area contributed by atoms with Gasteiger partial charge in [0.15, 0.2) is 0 Å². The molecule has 0 saturated heterocycles. The number of hydrogen-bond donors (Lipinski definition) is 3. The first-order valence-electron chi connectivity index (χ1n) is 9.27. The number of benzene rings is 2. The molecule has 2 rings (SSSR count). The molecular formula is C21H25N3O4. The van der Waals surface area contributed by atoms with E-state index in [4.69, 9.17) is 4.74 Å². The van der Waals surface area contributed by atoms with Gasteiger partial charge in [-0.15, -0.1) is 0 Å². The smallest absolute Gasteiger partial charge is 0.273 e. The molecule has 0 bridgehead atoms. The number of ether oxygens (including phenoxy) is 1. The summed E-state index contributed by atoms with van der Waals surface area (Å²) in [7, 11) is 0. The third kappa shape index (κ3) is 6.12. The van der Waals surface area contributed by atoms with Crippen LogP contribution in [0, 0.1) is 0 Å². The van der Waals surface area contributed by atoms with Crippen LogP contribution in [0.4, 0.5) is 5.69 Å². The van der Waals surface area contributed by atoms with E-state index in [-0.39, 0.29) is 5.91 Å². The van der Waals surface area contributed by atoms with Gasteiger partial charge in [-0.2, -0.15) is 0 Å². The topological polar surface area (TPSA) is 96.5 Å². The van der Waals surface area contributed by atoms with Crippen LogP contribution in [0.1, 0.15) is 53.8 Å². The fraction of sp³-hybridized carbons (Fsp3) is 0.286. The van der Waals surface area contributed by atoms with Crippen molar-refractivity contribution in [2.24, 2.45) is 0 Å². The van der Waals surface area contributed by atoms with Crippen LogP contribution in [-0.4, -0.2) is 24.3 Å². The maximum atomic E-state index is 12.4. The number of rotatable bonds is 8. The number of carbonyl (C=O) groups is 3. The number of hydrogen-bond acceptors (Lipinski definition) is 4. The monoisotopic (exact) mass is 383 g/mol. The average Bonchev–Trinajstić information content (AvgIpc) is 2.72. The van der Waals surface area contributed by atoms with E-state index in [2.05, 4.69) is 23.1 Å². The van der Waals surface area contributed by atoms with E-state index in [0.29, 0.717) is 35.6 Å². The second-order valence-corrected chi connectivity index (χ2v) is 6.09. The van der Waals surface area contributed by atoms with Crippen LogP contribution >= 0.6 is 0 Å². The molecule has 0 aliphatic carbocycles. The summed E-state index contributed by atoms with van der Waals surface area (Å²) >= 11 is 0. The lowest BCUT2D eigenvalue weighted by molar-refractivity contribution is -0.115. The largest absolute Gasteiger partial charge is 0.493 e. The Morgan fingerprint density at radius 2 is 1.57 bits per heavy atom.